The molecule has 2 nitrogen and oxygen atoms in total. The molecule has 0 heterocycles. The summed E-state index contributed by atoms with van der Waals surface area (Å²) < 4.78 is 39.3. The number of aliphatic hydroxyl groups is 1. The van der Waals surface area contributed by atoms with E-state index in [1.165, 1.54) is 12.1 Å². The quantitative estimate of drug-likeness (QED) is 0.880. The number of rotatable bonds is 2. The molecule has 0 saturated heterocycles. The van der Waals surface area contributed by atoms with E-state index in [9.17, 15) is 18.3 Å². The van der Waals surface area contributed by atoms with Crippen LogP contribution >= 0.6 is 0 Å². The number of alkyl halides is 3. The van der Waals surface area contributed by atoms with Crippen molar-refractivity contribution in [2.75, 3.05) is 0 Å². The molecule has 0 amide bonds. The maximum Gasteiger partial charge on any atom is 0.422 e. The van der Waals surface area contributed by atoms with Crippen molar-refractivity contribution in [3.8, 4) is 0 Å². The van der Waals surface area contributed by atoms with E-state index in [4.69, 9.17) is 5.73 Å². The van der Waals surface area contributed by atoms with Gasteiger partial charge in [-0.25, -0.2) is 0 Å². The number of hydrogen-bond donors (Lipinski definition) is 2. The predicted molar refractivity (Wildman–Crippen MR) is 67.5 cm³/mol. The number of fused-ring (bicyclic) bond motifs is 1. The second-order valence-corrected chi connectivity index (χ2v) is 4.61. The van der Waals surface area contributed by atoms with Gasteiger partial charge in [-0.05, 0) is 29.3 Å². The lowest BCUT2D eigenvalue weighted by Gasteiger charge is -2.34. The second kappa shape index (κ2) is 4.51. The molecular formula is C14H14F3NO. The zero-order chi connectivity index (χ0) is 14.3. The first-order valence-corrected chi connectivity index (χ1v) is 5.81. The molecule has 3 N–H and O–H groups in total. The summed E-state index contributed by atoms with van der Waals surface area (Å²) in [7, 11) is 0. The molecule has 0 aliphatic rings. The number of benzene rings is 2. The Morgan fingerprint density at radius 3 is 2.16 bits per heavy atom. The minimum absolute atomic E-state index is 0.242. The zero-order valence-corrected chi connectivity index (χ0v) is 10.3. The lowest BCUT2D eigenvalue weighted by atomic mass is 9.86. The molecule has 102 valence electrons. The molecule has 0 aliphatic carbocycles. The highest BCUT2D eigenvalue weighted by Crippen LogP contribution is 2.41. The highest BCUT2D eigenvalue weighted by atomic mass is 19.4. The van der Waals surface area contributed by atoms with Crippen molar-refractivity contribution in [3.05, 3.63) is 48.0 Å². The van der Waals surface area contributed by atoms with Gasteiger partial charge in [-0.15, -0.1) is 0 Å². The maximum absolute atomic E-state index is 13.1. The SMILES string of the molecule is CC(N)C(O)(c1ccc2ccccc2c1)C(F)(F)F. The van der Waals surface area contributed by atoms with Gasteiger partial charge >= 0.3 is 6.18 Å². The fraction of sp³-hybridized carbons (Fsp3) is 0.286. The summed E-state index contributed by atoms with van der Waals surface area (Å²) in [6.45, 7) is 1.14. The predicted octanol–water partition coefficient (Wildman–Crippen LogP) is 2.94. The van der Waals surface area contributed by atoms with Crippen LogP contribution in [0.4, 0.5) is 13.2 Å². The van der Waals surface area contributed by atoms with Crippen LogP contribution in [0.15, 0.2) is 42.5 Å². The van der Waals surface area contributed by atoms with E-state index in [0.717, 1.165) is 12.3 Å². The second-order valence-electron chi connectivity index (χ2n) is 4.61. The van der Waals surface area contributed by atoms with Gasteiger partial charge in [0.25, 0.3) is 0 Å². The summed E-state index contributed by atoms with van der Waals surface area (Å²) in [6, 6.07) is 9.67. The topological polar surface area (TPSA) is 46.2 Å². The molecular weight excluding hydrogens is 255 g/mol. The Kier molecular flexibility index (Phi) is 3.28. The van der Waals surface area contributed by atoms with Crippen molar-refractivity contribution in [2.24, 2.45) is 5.73 Å². The van der Waals surface area contributed by atoms with Crippen molar-refractivity contribution in [3.63, 3.8) is 0 Å². The van der Waals surface area contributed by atoms with E-state index in [0.29, 0.717) is 5.39 Å². The Hall–Kier alpha value is -1.59. The fourth-order valence-corrected chi connectivity index (χ4v) is 2.11. The van der Waals surface area contributed by atoms with Crippen LogP contribution in [0, 0.1) is 0 Å². The van der Waals surface area contributed by atoms with Crippen molar-refractivity contribution in [1.82, 2.24) is 0 Å². The standard InChI is InChI=1S/C14H14F3NO/c1-9(18)13(19,14(15,16)17)12-7-6-10-4-2-3-5-11(10)8-12/h2-9,19H,18H2,1H3. The van der Waals surface area contributed by atoms with Crippen LogP contribution in [0.25, 0.3) is 10.8 Å². The van der Waals surface area contributed by atoms with E-state index < -0.39 is 17.8 Å². The first kappa shape index (κ1) is 13.8. The maximum atomic E-state index is 13.1. The van der Waals surface area contributed by atoms with Crippen LogP contribution in [-0.4, -0.2) is 17.3 Å². The van der Waals surface area contributed by atoms with Crippen LogP contribution in [0.2, 0.25) is 0 Å². The van der Waals surface area contributed by atoms with Gasteiger partial charge in [0.1, 0.15) is 0 Å². The van der Waals surface area contributed by atoms with Gasteiger partial charge in [0, 0.05) is 6.04 Å². The Morgan fingerprint density at radius 2 is 1.63 bits per heavy atom. The van der Waals surface area contributed by atoms with Gasteiger partial charge in [0.15, 0.2) is 0 Å². The van der Waals surface area contributed by atoms with Gasteiger partial charge < -0.3 is 10.8 Å². The smallest absolute Gasteiger partial charge is 0.375 e. The fourth-order valence-electron chi connectivity index (χ4n) is 2.11. The number of nitrogens with two attached hydrogens (primary N) is 1. The van der Waals surface area contributed by atoms with Crippen LogP contribution in [0.5, 0.6) is 0 Å². The zero-order valence-electron chi connectivity index (χ0n) is 10.3. The van der Waals surface area contributed by atoms with Crippen LogP contribution in [-0.2, 0) is 5.60 Å². The van der Waals surface area contributed by atoms with Crippen molar-refractivity contribution in [2.45, 2.75) is 24.7 Å². The van der Waals surface area contributed by atoms with Crippen LogP contribution < -0.4 is 5.73 Å². The molecule has 2 rings (SSSR count). The van der Waals surface area contributed by atoms with Crippen LogP contribution in [0.3, 0.4) is 0 Å². The molecule has 2 aromatic rings. The molecule has 0 aliphatic heterocycles. The minimum Gasteiger partial charge on any atom is -0.375 e. The van der Waals surface area contributed by atoms with Crippen LogP contribution in [0.1, 0.15) is 12.5 Å². The first-order chi connectivity index (χ1) is 8.76. The Balaban J connectivity index is 2.64. The van der Waals surface area contributed by atoms with Crippen molar-refractivity contribution in [1.29, 1.82) is 0 Å². The third kappa shape index (κ3) is 2.19. The summed E-state index contributed by atoms with van der Waals surface area (Å²) in [5.74, 6) is 0. The molecule has 19 heavy (non-hydrogen) atoms. The largest absolute Gasteiger partial charge is 0.422 e. The molecule has 0 fully saturated rings. The van der Waals surface area contributed by atoms with Crippen molar-refractivity contribution >= 4 is 10.8 Å². The van der Waals surface area contributed by atoms with E-state index in [1.54, 1.807) is 30.3 Å². The summed E-state index contributed by atoms with van der Waals surface area (Å²) in [5.41, 5.74) is 2.08. The molecule has 0 saturated carbocycles. The molecule has 0 spiro atoms. The molecule has 0 radical (unpaired) electrons. The normalized spacial score (nSPS) is 17.2. The number of halogens is 3. The highest BCUT2D eigenvalue weighted by molar-refractivity contribution is 5.83. The van der Waals surface area contributed by atoms with Crippen molar-refractivity contribution < 1.29 is 18.3 Å². The monoisotopic (exact) mass is 269 g/mol. The minimum atomic E-state index is -4.83. The van der Waals surface area contributed by atoms with E-state index >= 15 is 0 Å². The van der Waals surface area contributed by atoms with E-state index in [2.05, 4.69) is 0 Å². The highest BCUT2D eigenvalue weighted by Gasteiger charge is 2.57. The van der Waals surface area contributed by atoms with Gasteiger partial charge in [0.05, 0.1) is 0 Å². The Labute approximate surface area is 108 Å². The summed E-state index contributed by atoms with van der Waals surface area (Å²) in [5, 5.41) is 11.4. The summed E-state index contributed by atoms with van der Waals surface area (Å²) >= 11 is 0. The average molecular weight is 269 g/mol. The molecule has 0 bridgehead atoms. The third-order valence-corrected chi connectivity index (χ3v) is 3.28. The van der Waals surface area contributed by atoms with E-state index in [1.807, 2.05) is 0 Å². The Bertz CT molecular complexity index is 595. The van der Waals surface area contributed by atoms with Gasteiger partial charge in [-0.2, -0.15) is 13.2 Å². The molecule has 5 heteroatoms. The van der Waals surface area contributed by atoms with Gasteiger partial charge in [-0.3, -0.25) is 0 Å². The lowest BCUT2D eigenvalue weighted by Crippen LogP contribution is -2.54. The van der Waals surface area contributed by atoms with Gasteiger partial charge in [0.2, 0.25) is 5.60 Å². The third-order valence-electron chi connectivity index (χ3n) is 3.28. The molecule has 2 aromatic carbocycles. The molecule has 2 unspecified atom stereocenters. The first-order valence-electron chi connectivity index (χ1n) is 5.81. The molecule has 0 aromatic heterocycles. The molecule has 2 atom stereocenters. The summed E-state index contributed by atoms with van der Waals surface area (Å²) in [6.07, 6.45) is -4.83. The average Bonchev–Trinajstić information content (AvgIpc) is 2.35. The van der Waals surface area contributed by atoms with E-state index in [-0.39, 0.29) is 5.56 Å². The number of hydrogen-bond acceptors (Lipinski definition) is 2. The summed E-state index contributed by atoms with van der Waals surface area (Å²) in [4.78, 5) is 0. The lowest BCUT2D eigenvalue weighted by molar-refractivity contribution is -0.272. The van der Waals surface area contributed by atoms with Gasteiger partial charge in [-0.1, -0.05) is 36.4 Å². The Morgan fingerprint density at radius 1 is 1.05 bits per heavy atom.